The highest BCUT2D eigenvalue weighted by atomic mass is 79.9. The fraction of sp³-hybridized carbons (Fsp3) is 0.273. The third kappa shape index (κ3) is 4.38. The molecule has 6 nitrogen and oxygen atoms in total. The van der Waals surface area contributed by atoms with Crippen LogP contribution in [0.3, 0.4) is 0 Å². The highest BCUT2D eigenvalue weighted by Crippen LogP contribution is 2.36. The van der Waals surface area contributed by atoms with E-state index in [9.17, 15) is 14.7 Å². The Balaban J connectivity index is 3.16. The minimum absolute atomic E-state index is 0.0572. The summed E-state index contributed by atoms with van der Waals surface area (Å²) in [5, 5.41) is 21.2. The third-order valence-corrected chi connectivity index (χ3v) is 3.08. The van der Waals surface area contributed by atoms with Crippen LogP contribution in [-0.2, 0) is 9.59 Å². The van der Waals surface area contributed by atoms with Crippen LogP contribution >= 0.6 is 27.5 Å². The molecule has 1 aromatic rings. The smallest absolute Gasteiger partial charge is 0.305 e. The van der Waals surface area contributed by atoms with E-state index in [1.165, 1.54) is 12.1 Å². The maximum atomic E-state index is 11.3. The van der Waals surface area contributed by atoms with E-state index in [2.05, 4.69) is 21.2 Å². The molecular weight excluding hydrogens is 339 g/mol. The van der Waals surface area contributed by atoms with E-state index in [4.69, 9.17) is 22.4 Å². The number of carbonyl (C=O) groups is 2. The third-order valence-electron chi connectivity index (χ3n) is 2.33. The van der Waals surface area contributed by atoms with Crippen LogP contribution in [0.25, 0.3) is 0 Å². The molecule has 0 saturated carbocycles. The maximum Gasteiger partial charge on any atom is 0.305 e. The second-order valence-electron chi connectivity index (χ2n) is 3.75. The van der Waals surface area contributed by atoms with Crippen LogP contribution in [-0.4, -0.2) is 28.6 Å². The number of nitrogens with two attached hydrogens (primary N) is 1. The quantitative estimate of drug-likeness (QED) is 0.640. The van der Waals surface area contributed by atoms with Gasteiger partial charge in [-0.3, -0.25) is 9.59 Å². The molecule has 0 aromatic heterocycles. The number of rotatable bonds is 5. The van der Waals surface area contributed by atoms with Crippen molar-refractivity contribution < 1.29 is 19.8 Å². The highest BCUT2D eigenvalue weighted by Gasteiger charge is 2.22. The molecule has 1 rings (SSSR count). The van der Waals surface area contributed by atoms with Gasteiger partial charge in [-0.2, -0.15) is 0 Å². The molecule has 19 heavy (non-hydrogen) atoms. The minimum Gasteiger partial charge on any atom is -0.506 e. The number of carbonyl (C=O) groups excluding carboxylic acids is 1. The van der Waals surface area contributed by atoms with Crippen molar-refractivity contribution in [2.75, 3.05) is 6.54 Å². The molecule has 0 spiro atoms. The number of nitrogens with one attached hydrogen (secondary N) is 1. The fourth-order valence-corrected chi connectivity index (χ4v) is 2.35. The predicted octanol–water partition coefficient (Wildman–Crippen LogP) is 1.40. The summed E-state index contributed by atoms with van der Waals surface area (Å²) in [4.78, 5) is 22.1. The van der Waals surface area contributed by atoms with Crippen molar-refractivity contribution in [3.63, 3.8) is 0 Å². The summed E-state index contributed by atoms with van der Waals surface area (Å²) in [5.41, 5.74) is 5.38. The van der Waals surface area contributed by atoms with E-state index in [0.717, 1.165) is 0 Å². The summed E-state index contributed by atoms with van der Waals surface area (Å²) in [6.45, 7) is -0.279. The number of phenolic OH excluding ortho intramolecular Hbond substituents is 1. The molecule has 8 heteroatoms. The van der Waals surface area contributed by atoms with Crippen LogP contribution in [0.2, 0.25) is 5.02 Å². The summed E-state index contributed by atoms with van der Waals surface area (Å²) >= 11 is 8.99. The summed E-state index contributed by atoms with van der Waals surface area (Å²) in [6, 6.07) is 2.04. The van der Waals surface area contributed by atoms with E-state index >= 15 is 0 Å². The Morgan fingerprint density at radius 1 is 1.47 bits per heavy atom. The molecular formula is C11H12BrClN2O4. The summed E-state index contributed by atoms with van der Waals surface area (Å²) in [7, 11) is 0. The standard InChI is InChI=1S/C11H12BrClN2O4/c12-5-1-6(11(19)7(13)2-5)8(3-10(17)18)15-9(16)4-14/h1-2,8,19H,3-4,14H2,(H,15,16)(H,17,18). The lowest BCUT2D eigenvalue weighted by Crippen LogP contribution is -2.34. The lowest BCUT2D eigenvalue weighted by molar-refractivity contribution is -0.137. The summed E-state index contributed by atoms with van der Waals surface area (Å²) in [6.07, 6.45) is -0.397. The molecule has 0 heterocycles. The van der Waals surface area contributed by atoms with Gasteiger partial charge in [-0.25, -0.2) is 0 Å². The number of aromatic hydroxyl groups is 1. The molecule has 104 valence electrons. The van der Waals surface area contributed by atoms with Crippen molar-refractivity contribution in [1.29, 1.82) is 0 Å². The lowest BCUT2D eigenvalue weighted by Gasteiger charge is -2.19. The van der Waals surface area contributed by atoms with E-state index in [1.54, 1.807) is 0 Å². The van der Waals surface area contributed by atoms with Gasteiger partial charge in [0.25, 0.3) is 0 Å². The Kier molecular flexibility index (Phi) is 5.59. The molecule has 0 aliphatic heterocycles. The summed E-state index contributed by atoms with van der Waals surface area (Å²) < 4.78 is 0.558. The zero-order valence-corrected chi connectivity index (χ0v) is 12.0. The maximum absolute atomic E-state index is 11.3. The Hall–Kier alpha value is -1.31. The zero-order chi connectivity index (χ0) is 14.6. The first-order chi connectivity index (χ1) is 8.85. The van der Waals surface area contributed by atoms with Crippen molar-refractivity contribution in [3.8, 4) is 5.75 Å². The van der Waals surface area contributed by atoms with Crippen LogP contribution < -0.4 is 11.1 Å². The number of carboxylic acids is 1. The topological polar surface area (TPSA) is 113 Å². The average molecular weight is 352 g/mol. The number of hydrogen-bond donors (Lipinski definition) is 4. The van der Waals surface area contributed by atoms with E-state index in [1.807, 2.05) is 0 Å². The molecule has 1 unspecified atom stereocenters. The Labute approximate surface area is 122 Å². The number of phenols is 1. The van der Waals surface area contributed by atoms with Gasteiger partial charge >= 0.3 is 5.97 Å². The second-order valence-corrected chi connectivity index (χ2v) is 5.07. The number of halogens is 2. The van der Waals surface area contributed by atoms with Gasteiger partial charge in [0, 0.05) is 10.0 Å². The number of aliphatic carboxylic acids is 1. The Morgan fingerprint density at radius 3 is 2.63 bits per heavy atom. The van der Waals surface area contributed by atoms with Crippen LogP contribution in [0.4, 0.5) is 0 Å². The molecule has 0 saturated heterocycles. The van der Waals surface area contributed by atoms with Gasteiger partial charge in [-0.1, -0.05) is 27.5 Å². The molecule has 0 radical (unpaired) electrons. The van der Waals surface area contributed by atoms with E-state index in [0.29, 0.717) is 4.47 Å². The number of amides is 1. The number of carboxylic acid groups (broad SMARTS) is 1. The van der Waals surface area contributed by atoms with Gasteiger partial charge in [-0.15, -0.1) is 0 Å². The SMILES string of the molecule is NCC(=O)NC(CC(=O)O)c1cc(Br)cc(Cl)c1O. The van der Waals surface area contributed by atoms with Crippen LogP contribution in [0.1, 0.15) is 18.0 Å². The van der Waals surface area contributed by atoms with Crippen molar-refractivity contribution in [2.45, 2.75) is 12.5 Å². The first-order valence-electron chi connectivity index (χ1n) is 5.24. The zero-order valence-electron chi connectivity index (χ0n) is 9.69. The van der Waals surface area contributed by atoms with Gasteiger partial charge in [0.05, 0.1) is 24.0 Å². The van der Waals surface area contributed by atoms with Gasteiger partial charge in [-0.05, 0) is 12.1 Å². The Bertz CT molecular complexity index is 510. The lowest BCUT2D eigenvalue weighted by atomic mass is 10.0. The molecule has 0 fully saturated rings. The van der Waals surface area contributed by atoms with Crippen molar-refractivity contribution in [2.24, 2.45) is 5.73 Å². The van der Waals surface area contributed by atoms with Gasteiger partial charge in [0.1, 0.15) is 5.75 Å². The predicted molar refractivity (Wildman–Crippen MR) is 73.0 cm³/mol. The molecule has 5 N–H and O–H groups in total. The average Bonchev–Trinajstić information content (AvgIpc) is 2.32. The molecule has 0 bridgehead atoms. The van der Waals surface area contributed by atoms with E-state index in [-0.39, 0.29) is 22.9 Å². The van der Waals surface area contributed by atoms with E-state index < -0.39 is 24.3 Å². The first-order valence-corrected chi connectivity index (χ1v) is 6.41. The van der Waals surface area contributed by atoms with Gasteiger partial charge < -0.3 is 21.3 Å². The summed E-state index contributed by atoms with van der Waals surface area (Å²) in [5.74, 6) is -1.92. The van der Waals surface area contributed by atoms with Crippen molar-refractivity contribution in [3.05, 3.63) is 27.2 Å². The largest absolute Gasteiger partial charge is 0.506 e. The second kappa shape index (κ2) is 6.74. The van der Waals surface area contributed by atoms with Crippen molar-refractivity contribution >= 4 is 39.4 Å². The highest BCUT2D eigenvalue weighted by molar-refractivity contribution is 9.10. The molecule has 0 aliphatic rings. The fourth-order valence-electron chi connectivity index (χ4n) is 1.52. The van der Waals surface area contributed by atoms with Gasteiger partial charge in [0.2, 0.25) is 5.91 Å². The first kappa shape index (κ1) is 15.7. The Morgan fingerprint density at radius 2 is 2.11 bits per heavy atom. The van der Waals surface area contributed by atoms with Gasteiger partial charge in [0.15, 0.2) is 0 Å². The van der Waals surface area contributed by atoms with Crippen LogP contribution in [0, 0.1) is 0 Å². The number of hydrogen-bond acceptors (Lipinski definition) is 4. The monoisotopic (exact) mass is 350 g/mol. The molecule has 1 amide bonds. The van der Waals surface area contributed by atoms with Crippen LogP contribution in [0.5, 0.6) is 5.75 Å². The molecule has 1 atom stereocenters. The molecule has 1 aromatic carbocycles. The normalized spacial score (nSPS) is 11.9. The van der Waals surface area contributed by atoms with Crippen molar-refractivity contribution in [1.82, 2.24) is 5.32 Å². The minimum atomic E-state index is -1.13. The van der Waals surface area contributed by atoms with Crippen LogP contribution in [0.15, 0.2) is 16.6 Å². The molecule has 0 aliphatic carbocycles. The number of benzene rings is 1.